The minimum Gasteiger partial charge on any atom is -0.310 e. The Morgan fingerprint density at radius 2 is 2.17 bits per heavy atom. The van der Waals surface area contributed by atoms with Crippen molar-refractivity contribution in [1.82, 2.24) is 0 Å². The first-order valence-electron chi connectivity index (χ1n) is 6.04. The normalized spacial score (nSPS) is 17.8. The minimum atomic E-state index is -0.337. The SMILES string of the molecule is CSc1ccc2c(c1)CC(C)(C)C(=O)N2CCCl. The second-order valence-electron chi connectivity index (χ2n) is 5.20. The Morgan fingerprint density at radius 3 is 2.78 bits per heavy atom. The lowest BCUT2D eigenvalue weighted by molar-refractivity contribution is -0.127. The summed E-state index contributed by atoms with van der Waals surface area (Å²) < 4.78 is 0. The molecule has 0 aromatic heterocycles. The molecule has 0 atom stereocenters. The number of hydrogen-bond acceptors (Lipinski definition) is 2. The molecule has 2 nitrogen and oxygen atoms in total. The largest absolute Gasteiger partial charge is 0.310 e. The average molecular weight is 284 g/mol. The average Bonchev–Trinajstić information content (AvgIpc) is 2.34. The van der Waals surface area contributed by atoms with Crippen LogP contribution in [0.2, 0.25) is 0 Å². The zero-order chi connectivity index (χ0) is 13.3. The van der Waals surface area contributed by atoms with Crippen LogP contribution in [0, 0.1) is 5.41 Å². The second kappa shape index (κ2) is 5.14. The van der Waals surface area contributed by atoms with Gasteiger partial charge in [0.1, 0.15) is 0 Å². The van der Waals surface area contributed by atoms with E-state index in [0.29, 0.717) is 12.4 Å². The van der Waals surface area contributed by atoms with Gasteiger partial charge in [-0.1, -0.05) is 13.8 Å². The van der Waals surface area contributed by atoms with Crippen LogP contribution in [0.1, 0.15) is 19.4 Å². The molecule has 1 aromatic rings. The molecule has 1 aliphatic heterocycles. The van der Waals surface area contributed by atoms with Gasteiger partial charge in [-0.15, -0.1) is 23.4 Å². The van der Waals surface area contributed by atoms with Crippen molar-refractivity contribution < 1.29 is 4.79 Å². The van der Waals surface area contributed by atoms with Crippen LogP contribution >= 0.6 is 23.4 Å². The summed E-state index contributed by atoms with van der Waals surface area (Å²) in [6.45, 7) is 4.59. The number of carbonyl (C=O) groups is 1. The van der Waals surface area contributed by atoms with Gasteiger partial charge in [-0.3, -0.25) is 4.79 Å². The first-order valence-corrected chi connectivity index (χ1v) is 7.80. The van der Waals surface area contributed by atoms with Crippen molar-refractivity contribution in [2.75, 3.05) is 23.6 Å². The number of alkyl halides is 1. The highest BCUT2D eigenvalue weighted by atomic mass is 35.5. The maximum Gasteiger partial charge on any atom is 0.233 e. The standard InChI is InChI=1S/C14H18ClNOS/c1-14(2)9-10-8-11(18-3)4-5-12(10)16(7-6-15)13(14)17/h4-5,8H,6-7,9H2,1-3H3. The Hall–Kier alpha value is -0.670. The first kappa shape index (κ1) is 13.8. The highest BCUT2D eigenvalue weighted by molar-refractivity contribution is 7.98. The summed E-state index contributed by atoms with van der Waals surface area (Å²) in [5, 5.41) is 0. The zero-order valence-electron chi connectivity index (χ0n) is 11.0. The van der Waals surface area contributed by atoms with Gasteiger partial charge in [0.05, 0.1) is 0 Å². The third-order valence-corrected chi connectivity index (χ3v) is 4.24. The van der Waals surface area contributed by atoms with E-state index in [1.807, 2.05) is 24.8 Å². The van der Waals surface area contributed by atoms with Crippen molar-refractivity contribution in [2.45, 2.75) is 25.2 Å². The van der Waals surface area contributed by atoms with E-state index in [9.17, 15) is 4.79 Å². The molecule has 1 aliphatic rings. The van der Waals surface area contributed by atoms with Gasteiger partial charge in [0.25, 0.3) is 0 Å². The molecule has 0 aliphatic carbocycles. The van der Waals surface area contributed by atoms with Gasteiger partial charge in [-0.25, -0.2) is 0 Å². The third-order valence-electron chi connectivity index (χ3n) is 3.34. The third kappa shape index (κ3) is 2.39. The quantitative estimate of drug-likeness (QED) is 0.624. The number of thioether (sulfide) groups is 1. The fraction of sp³-hybridized carbons (Fsp3) is 0.500. The van der Waals surface area contributed by atoms with Crippen LogP contribution in [-0.4, -0.2) is 24.6 Å². The number of benzene rings is 1. The van der Waals surface area contributed by atoms with Crippen LogP contribution in [-0.2, 0) is 11.2 Å². The Balaban J connectivity index is 2.48. The van der Waals surface area contributed by atoms with Gasteiger partial charge in [-0.05, 0) is 36.4 Å². The number of nitrogens with zero attached hydrogens (tertiary/aromatic N) is 1. The molecule has 1 amide bonds. The predicted molar refractivity (Wildman–Crippen MR) is 78.8 cm³/mol. The van der Waals surface area contributed by atoms with Crippen molar-refractivity contribution in [3.8, 4) is 0 Å². The van der Waals surface area contributed by atoms with Crippen LogP contribution in [0.25, 0.3) is 0 Å². The molecule has 0 spiro atoms. The number of amides is 1. The van der Waals surface area contributed by atoms with Crippen LogP contribution in [0.3, 0.4) is 0 Å². The maximum absolute atomic E-state index is 12.4. The van der Waals surface area contributed by atoms with E-state index in [1.165, 1.54) is 10.5 Å². The molecule has 2 rings (SSSR count). The van der Waals surface area contributed by atoms with E-state index in [-0.39, 0.29) is 11.3 Å². The van der Waals surface area contributed by atoms with E-state index in [1.54, 1.807) is 11.8 Å². The Kier molecular flexibility index (Phi) is 3.93. The number of carbonyl (C=O) groups excluding carboxylic acids is 1. The van der Waals surface area contributed by atoms with Gasteiger partial charge in [0.2, 0.25) is 5.91 Å². The fourth-order valence-electron chi connectivity index (χ4n) is 2.43. The summed E-state index contributed by atoms with van der Waals surface area (Å²) in [6.07, 6.45) is 2.87. The van der Waals surface area contributed by atoms with E-state index in [0.717, 1.165) is 12.1 Å². The zero-order valence-corrected chi connectivity index (χ0v) is 12.6. The Morgan fingerprint density at radius 1 is 1.44 bits per heavy atom. The molecule has 0 fully saturated rings. The number of fused-ring (bicyclic) bond motifs is 1. The van der Waals surface area contributed by atoms with Crippen LogP contribution in [0.15, 0.2) is 23.1 Å². The molecule has 0 bridgehead atoms. The number of rotatable bonds is 3. The molecule has 0 saturated heterocycles. The lowest BCUT2D eigenvalue weighted by Gasteiger charge is -2.38. The summed E-state index contributed by atoms with van der Waals surface area (Å²) >= 11 is 7.55. The van der Waals surface area contributed by atoms with Crippen molar-refractivity contribution in [3.63, 3.8) is 0 Å². The van der Waals surface area contributed by atoms with Crippen molar-refractivity contribution >= 4 is 35.0 Å². The van der Waals surface area contributed by atoms with Crippen molar-refractivity contribution in [1.29, 1.82) is 0 Å². The van der Waals surface area contributed by atoms with Crippen LogP contribution in [0.4, 0.5) is 5.69 Å². The smallest absolute Gasteiger partial charge is 0.233 e. The molecular formula is C14H18ClNOS. The van der Waals surface area contributed by atoms with Crippen LogP contribution in [0.5, 0.6) is 0 Å². The van der Waals surface area contributed by atoms with Crippen LogP contribution < -0.4 is 4.90 Å². The topological polar surface area (TPSA) is 20.3 Å². The van der Waals surface area contributed by atoms with Crippen molar-refractivity contribution in [3.05, 3.63) is 23.8 Å². The molecule has 0 radical (unpaired) electrons. The lowest BCUT2D eigenvalue weighted by Crippen LogP contribution is -2.47. The number of halogens is 1. The summed E-state index contributed by atoms with van der Waals surface area (Å²) in [5.41, 5.74) is 1.94. The minimum absolute atomic E-state index is 0.174. The molecule has 0 N–H and O–H groups in total. The van der Waals surface area contributed by atoms with Crippen molar-refractivity contribution in [2.24, 2.45) is 5.41 Å². The predicted octanol–water partition coefficient (Wildman–Crippen LogP) is 3.56. The summed E-state index contributed by atoms with van der Waals surface area (Å²) in [4.78, 5) is 15.5. The fourth-order valence-corrected chi connectivity index (χ4v) is 3.06. The van der Waals surface area contributed by atoms with Gasteiger partial charge in [0.15, 0.2) is 0 Å². The highest BCUT2D eigenvalue weighted by Crippen LogP contribution is 2.38. The monoisotopic (exact) mass is 283 g/mol. The Bertz CT molecular complexity index is 473. The molecule has 4 heteroatoms. The molecule has 98 valence electrons. The molecule has 1 aromatic carbocycles. The Labute approximate surface area is 118 Å². The molecule has 0 saturated carbocycles. The lowest BCUT2D eigenvalue weighted by atomic mass is 9.80. The van der Waals surface area contributed by atoms with Gasteiger partial charge in [0, 0.05) is 28.4 Å². The maximum atomic E-state index is 12.4. The van der Waals surface area contributed by atoms with E-state index in [4.69, 9.17) is 11.6 Å². The van der Waals surface area contributed by atoms with E-state index in [2.05, 4.69) is 18.4 Å². The van der Waals surface area contributed by atoms with Gasteiger partial charge < -0.3 is 4.90 Å². The summed E-state index contributed by atoms with van der Waals surface area (Å²) in [6, 6.07) is 6.30. The number of anilines is 1. The van der Waals surface area contributed by atoms with E-state index < -0.39 is 0 Å². The molecule has 0 unspecified atom stereocenters. The molecule has 1 heterocycles. The van der Waals surface area contributed by atoms with E-state index >= 15 is 0 Å². The number of hydrogen-bond donors (Lipinski definition) is 0. The summed E-state index contributed by atoms with van der Waals surface area (Å²) in [5.74, 6) is 0.637. The second-order valence-corrected chi connectivity index (χ2v) is 6.46. The molecule has 18 heavy (non-hydrogen) atoms. The van der Waals surface area contributed by atoms with Gasteiger partial charge in [-0.2, -0.15) is 0 Å². The highest BCUT2D eigenvalue weighted by Gasteiger charge is 2.38. The first-order chi connectivity index (χ1) is 8.49. The summed E-state index contributed by atoms with van der Waals surface area (Å²) in [7, 11) is 0. The molecular weight excluding hydrogens is 266 g/mol. The van der Waals surface area contributed by atoms with Gasteiger partial charge >= 0.3 is 0 Å².